The van der Waals surface area contributed by atoms with Crippen LogP contribution in [0.1, 0.15) is 22.2 Å². The largest absolute Gasteiger partial charge is 0.458 e. The van der Waals surface area contributed by atoms with E-state index in [9.17, 15) is 4.79 Å². The topological polar surface area (TPSA) is 45.5 Å². The second-order valence-corrected chi connectivity index (χ2v) is 6.10. The number of piperazine rings is 1. The Morgan fingerprint density at radius 3 is 2.90 bits per heavy atom. The highest BCUT2D eigenvalue weighted by Gasteiger charge is 2.32. The Hall–Kier alpha value is -1.30. The first kappa shape index (κ1) is 14.6. The molecule has 4 nitrogen and oxygen atoms in total. The number of halogens is 2. The molecule has 0 aliphatic carbocycles. The van der Waals surface area contributed by atoms with E-state index in [1.807, 2.05) is 24.3 Å². The molecule has 0 saturated carbocycles. The number of benzene rings is 1. The number of rotatable bonds is 2. The lowest BCUT2D eigenvalue weighted by molar-refractivity contribution is 0.0600. The molecule has 1 fully saturated rings. The summed E-state index contributed by atoms with van der Waals surface area (Å²) in [6, 6.07) is 9.24. The minimum atomic E-state index is -0.127. The Kier molecular flexibility index (Phi) is 4.33. The lowest BCUT2D eigenvalue weighted by Crippen LogP contribution is -2.48. The smallest absolute Gasteiger partial charge is 0.291 e. The summed E-state index contributed by atoms with van der Waals surface area (Å²) in [4.78, 5) is 14.5. The molecule has 1 aromatic heterocycles. The average molecular weight is 370 g/mol. The first-order chi connectivity index (χ1) is 10.2. The van der Waals surface area contributed by atoms with E-state index in [1.54, 1.807) is 11.0 Å². The number of hydrogen-bond donors (Lipinski definition) is 1. The Morgan fingerprint density at radius 1 is 1.38 bits per heavy atom. The molecular weight excluding hydrogens is 356 g/mol. The van der Waals surface area contributed by atoms with Gasteiger partial charge in [0.2, 0.25) is 5.76 Å². The summed E-state index contributed by atoms with van der Waals surface area (Å²) in [5.41, 5.74) is 0.947. The van der Waals surface area contributed by atoms with Gasteiger partial charge in [0.25, 0.3) is 5.91 Å². The van der Waals surface area contributed by atoms with Crippen LogP contribution >= 0.6 is 27.5 Å². The zero-order valence-electron chi connectivity index (χ0n) is 11.2. The Bertz CT molecular complexity index is 659. The predicted octanol–water partition coefficient (Wildman–Crippen LogP) is 3.48. The third-order valence-electron chi connectivity index (χ3n) is 3.58. The van der Waals surface area contributed by atoms with Gasteiger partial charge in [-0.2, -0.15) is 0 Å². The fraction of sp³-hybridized carbons (Fsp3) is 0.267. The summed E-state index contributed by atoms with van der Waals surface area (Å²) in [6.07, 6.45) is 1.50. The highest BCUT2D eigenvalue weighted by atomic mass is 79.9. The molecule has 21 heavy (non-hydrogen) atoms. The zero-order chi connectivity index (χ0) is 14.8. The molecule has 2 aromatic rings. The van der Waals surface area contributed by atoms with Crippen molar-refractivity contribution in [1.29, 1.82) is 0 Å². The van der Waals surface area contributed by atoms with Crippen LogP contribution in [-0.4, -0.2) is 30.4 Å². The molecule has 6 heteroatoms. The summed E-state index contributed by atoms with van der Waals surface area (Å²) < 4.78 is 5.97. The molecule has 1 atom stereocenters. The molecule has 2 heterocycles. The second-order valence-electron chi connectivity index (χ2n) is 4.84. The first-order valence-electron chi connectivity index (χ1n) is 6.67. The highest BCUT2D eigenvalue weighted by molar-refractivity contribution is 9.10. The van der Waals surface area contributed by atoms with Crippen molar-refractivity contribution in [2.75, 3.05) is 19.6 Å². The number of carbonyl (C=O) groups excluding carboxylic acids is 1. The van der Waals surface area contributed by atoms with Crippen LogP contribution in [0.4, 0.5) is 0 Å². The Morgan fingerprint density at radius 2 is 2.19 bits per heavy atom. The van der Waals surface area contributed by atoms with Gasteiger partial charge in [-0.25, -0.2) is 0 Å². The summed E-state index contributed by atoms with van der Waals surface area (Å²) in [5.74, 6) is 0.201. The molecule has 1 amide bonds. The highest BCUT2D eigenvalue weighted by Crippen LogP contribution is 2.31. The van der Waals surface area contributed by atoms with Crippen LogP contribution in [0.3, 0.4) is 0 Å². The van der Waals surface area contributed by atoms with Gasteiger partial charge in [-0.3, -0.25) is 4.79 Å². The van der Waals surface area contributed by atoms with E-state index in [2.05, 4.69) is 21.2 Å². The number of nitrogens with one attached hydrogen (secondary N) is 1. The Labute approximate surface area is 136 Å². The molecular formula is C15H14BrClN2O2. The number of nitrogens with zero attached hydrogens (tertiary/aromatic N) is 1. The standard InChI is InChI=1S/C15H14BrClN2O2/c16-11-5-8-21-14(11)15(20)19-7-6-18-9-13(19)10-3-1-2-4-12(10)17/h1-5,8,13,18H,6-7,9H2. The maximum atomic E-state index is 12.7. The predicted molar refractivity (Wildman–Crippen MR) is 84.5 cm³/mol. The SMILES string of the molecule is O=C(c1occc1Br)N1CCNCC1c1ccccc1Cl. The van der Waals surface area contributed by atoms with E-state index in [1.165, 1.54) is 6.26 Å². The van der Waals surface area contributed by atoms with Crippen molar-refractivity contribution in [2.24, 2.45) is 0 Å². The quantitative estimate of drug-likeness (QED) is 0.881. The van der Waals surface area contributed by atoms with Gasteiger partial charge in [0, 0.05) is 24.7 Å². The van der Waals surface area contributed by atoms with Crippen molar-refractivity contribution in [1.82, 2.24) is 10.2 Å². The van der Waals surface area contributed by atoms with Gasteiger partial charge in [-0.05, 0) is 33.6 Å². The van der Waals surface area contributed by atoms with Crippen LogP contribution in [0.25, 0.3) is 0 Å². The molecule has 1 aliphatic rings. The van der Waals surface area contributed by atoms with Crippen molar-refractivity contribution >= 4 is 33.4 Å². The molecule has 1 aromatic carbocycles. The van der Waals surface area contributed by atoms with Crippen molar-refractivity contribution in [3.63, 3.8) is 0 Å². The van der Waals surface area contributed by atoms with Crippen molar-refractivity contribution in [2.45, 2.75) is 6.04 Å². The molecule has 1 saturated heterocycles. The van der Waals surface area contributed by atoms with Gasteiger partial charge >= 0.3 is 0 Å². The molecule has 0 bridgehead atoms. The van der Waals surface area contributed by atoms with Gasteiger partial charge < -0.3 is 14.6 Å². The van der Waals surface area contributed by atoms with Crippen LogP contribution in [0.5, 0.6) is 0 Å². The monoisotopic (exact) mass is 368 g/mol. The average Bonchev–Trinajstić information content (AvgIpc) is 2.93. The molecule has 1 aliphatic heterocycles. The first-order valence-corrected chi connectivity index (χ1v) is 7.84. The third kappa shape index (κ3) is 2.86. The number of amides is 1. The molecule has 1 unspecified atom stereocenters. The van der Waals surface area contributed by atoms with Crippen molar-refractivity contribution in [3.8, 4) is 0 Å². The Balaban J connectivity index is 1.94. The van der Waals surface area contributed by atoms with Crippen LogP contribution in [0, 0.1) is 0 Å². The van der Waals surface area contributed by atoms with Crippen molar-refractivity contribution in [3.05, 3.63) is 57.4 Å². The molecule has 0 radical (unpaired) electrons. The fourth-order valence-corrected chi connectivity index (χ4v) is 3.18. The lowest BCUT2D eigenvalue weighted by Gasteiger charge is -2.36. The van der Waals surface area contributed by atoms with Crippen LogP contribution in [0.2, 0.25) is 5.02 Å². The van der Waals surface area contributed by atoms with Gasteiger partial charge in [0.1, 0.15) is 0 Å². The number of carbonyl (C=O) groups is 1. The van der Waals surface area contributed by atoms with Gasteiger partial charge in [-0.15, -0.1) is 0 Å². The van der Waals surface area contributed by atoms with Crippen molar-refractivity contribution < 1.29 is 9.21 Å². The van der Waals surface area contributed by atoms with Gasteiger partial charge in [0.05, 0.1) is 16.8 Å². The normalized spacial score (nSPS) is 18.8. The molecule has 110 valence electrons. The lowest BCUT2D eigenvalue weighted by atomic mass is 10.0. The number of furan rings is 1. The second kappa shape index (κ2) is 6.22. The maximum Gasteiger partial charge on any atom is 0.291 e. The summed E-state index contributed by atoms with van der Waals surface area (Å²) in [6.45, 7) is 2.04. The summed E-state index contributed by atoms with van der Waals surface area (Å²) in [5, 5.41) is 3.98. The van der Waals surface area contributed by atoms with Crippen LogP contribution in [0.15, 0.2) is 45.5 Å². The number of hydrogen-bond acceptors (Lipinski definition) is 3. The van der Waals surface area contributed by atoms with E-state index in [-0.39, 0.29) is 11.9 Å². The van der Waals surface area contributed by atoms with E-state index >= 15 is 0 Å². The van der Waals surface area contributed by atoms with Crippen LogP contribution < -0.4 is 5.32 Å². The van der Waals surface area contributed by atoms with E-state index in [0.29, 0.717) is 28.3 Å². The van der Waals surface area contributed by atoms with E-state index in [0.717, 1.165) is 12.1 Å². The third-order valence-corrected chi connectivity index (χ3v) is 4.55. The minimum Gasteiger partial charge on any atom is -0.458 e. The molecule has 3 rings (SSSR count). The minimum absolute atomic E-state index is 0.100. The van der Waals surface area contributed by atoms with Crippen LogP contribution in [-0.2, 0) is 0 Å². The molecule has 1 N–H and O–H groups in total. The summed E-state index contributed by atoms with van der Waals surface area (Å²) >= 11 is 9.63. The van der Waals surface area contributed by atoms with E-state index in [4.69, 9.17) is 16.0 Å². The fourth-order valence-electron chi connectivity index (χ4n) is 2.55. The maximum absolute atomic E-state index is 12.7. The van der Waals surface area contributed by atoms with Gasteiger partial charge in [0.15, 0.2) is 0 Å². The molecule has 0 spiro atoms. The van der Waals surface area contributed by atoms with Gasteiger partial charge in [-0.1, -0.05) is 29.8 Å². The van der Waals surface area contributed by atoms with E-state index < -0.39 is 0 Å². The summed E-state index contributed by atoms with van der Waals surface area (Å²) in [7, 11) is 0. The zero-order valence-corrected chi connectivity index (χ0v) is 13.5.